The van der Waals surface area contributed by atoms with Crippen LogP contribution in [-0.4, -0.2) is 42.2 Å². The molecule has 28 heavy (non-hydrogen) atoms. The lowest BCUT2D eigenvalue weighted by Gasteiger charge is -2.43. The number of furan rings is 1. The number of carbonyl (C=O) groups is 1. The van der Waals surface area contributed by atoms with Gasteiger partial charge in [-0.1, -0.05) is 0 Å². The van der Waals surface area contributed by atoms with E-state index in [1.54, 1.807) is 6.26 Å². The normalized spacial score (nSPS) is 18.5. The van der Waals surface area contributed by atoms with E-state index in [1.807, 2.05) is 28.4 Å². The van der Waals surface area contributed by atoms with Gasteiger partial charge >= 0.3 is 0 Å². The molecule has 1 spiro atoms. The zero-order chi connectivity index (χ0) is 19.1. The first-order valence-electron chi connectivity index (χ1n) is 9.82. The van der Waals surface area contributed by atoms with Crippen molar-refractivity contribution in [2.75, 3.05) is 26.3 Å². The number of ether oxygens (including phenoxy) is 1. The van der Waals surface area contributed by atoms with E-state index in [4.69, 9.17) is 14.3 Å². The van der Waals surface area contributed by atoms with Crippen molar-refractivity contribution in [1.82, 2.24) is 4.90 Å². The second-order valence-electron chi connectivity index (χ2n) is 7.59. The monoisotopic (exact) mass is 397 g/mol. The van der Waals surface area contributed by atoms with Gasteiger partial charge < -0.3 is 19.2 Å². The van der Waals surface area contributed by atoms with E-state index >= 15 is 0 Å². The third-order valence-corrected chi connectivity index (χ3v) is 7.37. The highest BCUT2D eigenvalue weighted by molar-refractivity contribution is 7.15. The van der Waals surface area contributed by atoms with Gasteiger partial charge in [0, 0.05) is 34.7 Å². The number of nitrogens with zero attached hydrogens (tertiary/aromatic N) is 1. The molecule has 0 atom stereocenters. The van der Waals surface area contributed by atoms with Crippen LogP contribution in [0.15, 0.2) is 41.0 Å². The Morgan fingerprint density at radius 1 is 1.21 bits per heavy atom. The zero-order valence-corrected chi connectivity index (χ0v) is 16.5. The summed E-state index contributed by atoms with van der Waals surface area (Å²) in [7, 11) is 0. The highest BCUT2D eigenvalue weighted by atomic mass is 32.1. The van der Waals surface area contributed by atoms with Gasteiger partial charge in [-0.25, -0.2) is 0 Å². The smallest absolute Gasteiger partial charge is 0.224 e. The van der Waals surface area contributed by atoms with E-state index < -0.39 is 0 Å². The maximum Gasteiger partial charge on any atom is 0.224 e. The third kappa shape index (κ3) is 2.96. The Kier molecular flexibility index (Phi) is 4.50. The van der Waals surface area contributed by atoms with Crippen LogP contribution >= 0.6 is 11.3 Å². The number of hydrogen-bond donors (Lipinski definition) is 1. The summed E-state index contributed by atoms with van der Waals surface area (Å²) in [6.45, 7) is 2.02. The van der Waals surface area contributed by atoms with Crippen molar-refractivity contribution < 1.29 is 19.1 Å². The summed E-state index contributed by atoms with van der Waals surface area (Å²) in [6.07, 6.45) is 4.51. The molecule has 2 aliphatic heterocycles. The minimum absolute atomic E-state index is 0.0358. The molecule has 2 aliphatic rings. The Hall–Kier alpha value is -2.15. The molecule has 0 bridgehead atoms. The molecule has 5 nitrogen and oxygen atoms in total. The Labute approximate surface area is 167 Å². The molecule has 0 saturated carbocycles. The number of carbonyl (C=O) groups excluding carboxylic acids is 1. The van der Waals surface area contributed by atoms with Gasteiger partial charge in [0.2, 0.25) is 5.91 Å². The molecule has 6 heteroatoms. The van der Waals surface area contributed by atoms with Crippen molar-refractivity contribution in [2.24, 2.45) is 0 Å². The van der Waals surface area contributed by atoms with Gasteiger partial charge in [-0.3, -0.25) is 4.79 Å². The molecule has 1 N–H and O–H groups in total. The quantitative estimate of drug-likeness (QED) is 0.727. The van der Waals surface area contributed by atoms with Crippen LogP contribution in [0.5, 0.6) is 0 Å². The van der Waals surface area contributed by atoms with Crippen molar-refractivity contribution in [3.63, 3.8) is 0 Å². The Balaban J connectivity index is 1.43. The molecule has 5 rings (SSSR count). The van der Waals surface area contributed by atoms with Crippen LogP contribution in [0, 0.1) is 0 Å². The first-order chi connectivity index (χ1) is 13.7. The maximum absolute atomic E-state index is 12.1. The second-order valence-corrected chi connectivity index (χ2v) is 8.64. The predicted octanol–water partition coefficient (Wildman–Crippen LogP) is 3.93. The number of benzene rings is 1. The Morgan fingerprint density at radius 3 is 2.89 bits per heavy atom. The van der Waals surface area contributed by atoms with E-state index in [9.17, 15) is 4.79 Å². The van der Waals surface area contributed by atoms with Crippen LogP contribution < -0.4 is 0 Å². The molecule has 4 heterocycles. The summed E-state index contributed by atoms with van der Waals surface area (Å²) in [6, 6.07) is 10.6. The van der Waals surface area contributed by atoms with Crippen molar-refractivity contribution in [3.05, 3.63) is 47.0 Å². The van der Waals surface area contributed by atoms with E-state index in [0.29, 0.717) is 13.1 Å². The van der Waals surface area contributed by atoms with Crippen molar-refractivity contribution in [2.45, 2.75) is 31.3 Å². The van der Waals surface area contributed by atoms with Crippen LogP contribution in [0.1, 0.15) is 29.7 Å². The average molecular weight is 397 g/mol. The van der Waals surface area contributed by atoms with E-state index in [1.165, 1.54) is 20.9 Å². The second kappa shape index (κ2) is 7.03. The average Bonchev–Trinajstić information content (AvgIpc) is 3.36. The minimum atomic E-state index is -0.272. The van der Waals surface area contributed by atoms with E-state index in [0.717, 1.165) is 36.8 Å². The molecule has 146 valence electrons. The first-order valence-corrected chi connectivity index (χ1v) is 10.6. The van der Waals surface area contributed by atoms with Gasteiger partial charge in [0.05, 0.1) is 19.5 Å². The van der Waals surface area contributed by atoms with Gasteiger partial charge in [-0.15, -0.1) is 11.3 Å². The fraction of sp³-hybridized carbons (Fsp3) is 0.409. The van der Waals surface area contributed by atoms with Crippen molar-refractivity contribution in [1.29, 1.82) is 0 Å². The van der Waals surface area contributed by atoms with E-state index in [-0.39, 0.29) is 24.5 Å². The number of aliphatic hydroxyl groups excluding tert-OH is 1. The molecule has 1 saturated heterocycles. The van der Waals surface area contributed by atoms with Crippen LogP contribution in [0.4, 0.5) is 0 Å². The predicted molar refractivity (Wildman–Crippen MR) is 108 cm³/mol. The number of thiophene rings is 1. The van der Waals surface area contributed by atoms with Crippen molar-refractivity contribution >= 4 is 28.2 Å². The number of aliphatic hydroxyl groups is 1. The molecule has 3 aromatic rings. The summed E-state index contributed by atoms with van der Waals surface area (Å²) >= 11 is 1.83. The molecule has 0 radical (unpaired) electrons. The number of piperidine rings is 1. The molecule has 0 unspecified atom stereocenters. The molecular weight excluding hydrogens is 374 g/mol. The fourth-order valence-electron chi connectivity index (χ4n) is 4.43. The summed E-state index contributed by atoms with van der Waals surface area (Å²) < 4.78 is 11.8. The SMILES string of the molecule is O=C(CCO)N1CCC2(CC1)OCCc1cc(-c3ccc4occc4c3)sc12. The van der Waals surface area contributed by atoms with Crippen LogP contribution in [0.3, 0.4) is 0 Å². The number of rotatable bonds is 3. The van der Waals surface area contributed by atoms with Crippen molar-refractivity contribution in [3.8, 4) is 10.4 Å². The van der Waals surface area contributed by atoms with Gasteiger partial charge in [-0.2, -0.15) is 0 Å². The number of fused-ring (bicyclic) bond motifs is 3. The van der Waals surface area contributed by atoms with E-state index in [2.05, 4.69) is 18.2 Å². The molecule has 0 aliphatic carbocycles. The first kappa shape index (κ1) is 17.9. The lowest BCUT2D eigenvalue weighted by molar-refractivity contribution is -0.140. The van der Waals surface area contributed by atoms with Gasteiger partial charge in [0.25, 0.3) is 0 Å². The largest absolute Gasteiger partial charge is 0.464 e. The van der Waals surface area contributed by atoms with Gasteiger partial charge in [0.1, 0.15) is 11.2 Å². The Morgan fingerprint density at radius 2 is 2.07 bits per heavy atom. The number of likely N-dealkylation sites (tertiary alicyclic amines) is 1. The standard InChI is InChI=1S/C22H23NO4S/c24-10-3-20(25)23-8-6-22(7-9-23)21-17(5-12-27-22)14-19(28-21)16-1-2-18-15(13-16)4-11-26-18/h1-2,4,11,13-14,24H,3,5-10,12H2. The molecule has 2 aromatic heterocycles. The summed E-state index contributed by atoms with van der Waals surface area (Å²) in [5.41, 5.74) is 3.23. The lowest BCUT2D eigenvalue weighted by Crippen LogP contribution is -2.48. The number of hydrogen-bond acceptors (Lipinski definition) is 5. The van der Waals surface area contributed by atoms with Crippen LogP contribution in [0.2, 0.25) is 0 Å². The highest BCUT2D eigenvalue weighted by Gasteiger charge is 2.43. The summed E-state index contributed by atoms with van der Waals surface area (Å²) in [5, 5.41) is 10.1. The molecule has 1 amide bonds. The zero-order valence-electron chi connectivity index (χ0n) is 15.6. The maximum atomic E-state index is 12.1. The summed E-state index contributed by atoms with van der Waals surface area (Å²) in [5.74, 6) is 0.0358. The van der Waals surface area contributed by atoms with Crippen LogP contribution in [0.25, 0.3) is 21.4 Å². The lowest BCUT2D eigenvalue weighted by atomic mass is 9.85. The molecular formula is C22H23NO4S. The molecule has 1 fully saturated rings. The minimum Gasteiger partial charge on any atom is -0.464 e. The third-order valence-electron chi connectivity index (χ3n) is 5.96. The summed E-state index contributed by atoms with van der Waals surface area (Å²) in [4.78, 5) is 16.6. The molecule has 1 aromatic carbocycles. The van der Waals surface area contributed by atoms with Crippen LogP contribution in [-0.2, 0) is 21.6 Å². The van der Waals surface area contributed by atoms with Gasteiger partial charge in [-0.05, 0) is 60.7 Å². The van der Waals surface area contributed by atoms with Gasteiger partial charge in [0.15, 0.2) is 0 Å². The number of amides is 1. The highest BCUT2D eigenvalue weighted by Crippen LogP contribution is 2.47. The fourth-order valence-corrected chi connectivity index (χ4v) is 5.83. The topological polar surface area (TPSA) is 62.9 Å². The Bertz CT molecular complexity index is 1010.